The molecule has 0 aliphatic rings. The lowest BCUT2D eigenvalue weighted by Crippen LogP contribution is -2.28. The summed E-state index contributed by atoms with van der Waals surface area (Å²) in [5.41, 5.74) is 1.31. The Hall–Kier alpha value is -2.87. The Morgan fingerprint density at radius 2 is 2.00 bits per heavy atom. The van der Waals surface area contributed by atoms with Crippen LogP contribution in [0.15, 0.2) is 47.3 Å². The highest BCUT2D eigenvalue weighted by molar-refractivity contribution is 5.91. The maximum Gasteiger partial charge on any atom is 0.251 e. The molecule has 100 valence electrons. The summed E-state index contributed by atoms with van der Waals surface area (Å²) in [7, 11) is 0. The number of nitrogens with zero attached hydrogens (tertiary/aromatic N) is 2. The molecule has 0 saturated carbocycles. The molecule has 0 unspecified atom stereocenters. The number of carbonyl (C=O) groups excluding carboxylic acids is 1. The number of aryl methyl sites for hydroxylation is 1. The number of benzene rings is 1. The number of hydrogen-bond donors (Lipinski definition) is 1. The average molecular weight is 267 g/mol. The third-order valence-electron chi connectivity index (χ3n) is 2.89. The van der Waals surface area contributed by atoms with Gasteiger partial charge in [-0.25, -0.2) is 0 Å². The number of rotatable bonds is 3. The molecule has 0 spiro atoms. The largest absolute Gasteiger partial charge is 0.323 e. The molecule has 1 heterocycles. The maximum absolute atomic E-state index is 12.0. The van der Waals surface area contributed by atoms with Crippen molar-refractivity contribution in [3.63, 3.8) is 0 Å². The summed E-state index contributed by atoms with van der Waals surface area (Å²) in [6.07, 6.45) is 0. The zero-order valence-electron chi connectivity index (χ0n) is 11.0. The van der Waals surface area contributed by atoms with Gasteiger partial charge in [-0.1, -0.05) is 18.2 Å². The van der Waals surface area contributed by atoms with Crippen molar-refractivity contribution in [1.82, 2.24) is 4.57 Å². The first kappa shape index (κ1) is 13.6. The second kappa shape index (κ2) is 5.85. The van der Waals surface area contributed by atoms with Crippen LogP contribution in [0.25, 0.3) is 0 Å². The number of anilines is 1. The highest BCUT2D eigenvalue weighted by atomic mass is 16.2. The standard InChI is InChI=1S/C15H13N3O2/c1-11-5-4-8-15(20)18(11)10-14(19)17-13-7-3-2-6-12(13)9-16/h2-8H,10H2,1H3,(H,17,19). The predicted molar refractivity (Wildman–Crippen MR) is 75.2 cm³/mol. The number of pyridine rings is 1. The molecule has 0 aliphatic carbocycles. The first-order chi connectivity index (χ1) is 9.61. The van der Waals surface area contributed by atoms with E-state index < -0.39 is 0 Å². The lowest BCUT2D eigenvalue weighted by atomic mass is 10.2. The molecule has 20 heavy (non-hydrogen) atoms. The zero-order chi connectivity index (χ0) is 14.5. The van der Waals surface area contributed by atoms with Gasteiger partial charge in [-0.05, 0) is 25.1 Å². The fraction of sp³-hybridized carbons (Fsp3) is 0.133. The van der Waals surface area contributed by atoms with E-state index in [0.717, 1.165) is 0 Å². The van der Waals surface area contributed by atoms with E-state index in [1.165, 1.54) is 10.6 Å². The summed E-state index contributed by atoms with van der Waals surface area (Å²) in [6, 6.07) is 13.5. The van der Waals surface area contributed by atoms with Crippen molar-refractivity contribution in [1.29, 1.82) is 5.26 Å². The number of nitriles is 1. The van der Waals surface area contributed by atoms with Crippen LogP contribution in [-0.4, -0.2) is 10.5 Å². The smallest absolute Gasteiger partial charge is 0.251 e. The Kier molecular flexibility index (Phi) is 3.96. The van der Waals surface area contributed by atoms with Crippen LogP contribution in [0, 0.1) is 18.3 Å². The van der Waals surface area contributed by atoms with Gasteiger partial charge in [0.25, 0.3) is 5.56 Å². The van der Waals surface area contributed by atoms with Crippen molar-refractivity contribution in [2.24, 2.45) is 0 Å². The second-order valence-electron chi connectivity index (χ2n) is 4.30. The Morgan fingerprint density at radius 3 is 2.70 bits per heavy atom. The van der Waals surface area contributed by atoms with E-state index in [-0.39, 0.29) is 18.0 Å². The Labute approximate surface area is 116 Å². The summed E-state index contributed by atoms with van der Waals surface area (Å²) in [4.78, 5) is 23.7. The predicted octanol–water partition coefficient (Wildman–Crippen LogP) is 1.67. The first-order valence-corrected chi connectivity index (χ1v) is 6.07. The van der Waals surface area contributed by atoms with E-state index in [1.54, 1.807) is 43.3 Å². The molecule has 1 aromatic heterocycles. The molecule has 0 atom stereocenters. The van der Waals surface area contributed by atoms with Crippen LogP contribution in [0.5, 0.6) is 0 Å². The van der Waals surface area contributed by atoms with Crippen molar-refractivity contribution in [2.75, 3.05) is 5.32 Å². The van der Waals surface area contributed by atoms with Crippen LogP contribution in [-0.2, 0) is 11.3 Å². The molecular weight excluding hydrogens is 254 g/mol. The molecular formula is C15H13N3O2. The van der Waals surface area contributed by atoms with Gasteiger partial charge in [0.2, 0.25) is 5.91 Å². The van der Waals surface area contributed by atoms with Crippen LogP contribution in [0.1, 0.15) is 11.3 Å². The molecule has 0 fully saturated rings. The summed E-state index contributed by atoms with van der Waals surface area (Å²) < 4.78 is 1.38. The van der Waals surface area contributed by atoms with Gasteiger partial charge in [-0.3, -0.25) is 9.59 Å². The Balaban J connectivity index is 2.18. The first-order valence-electron chi connectivity index (χ1n) is 6.07. The van der Waals surface area contributed by atoms with Crippen LogP contribution < -0.4 is 10.9 Å². The highest BCUT2D eigenvalue weighted by Crippen LogP contribution is 2.13. The minimum absolute atomic E-state index is 0.0781. The summed E-state index contributed by atoms with van der Waals surface area (Å²) in [6.45, 7) is 1.68. The quantitative estimate of drug-likeness (QED) is 0.919. The molecule has 0 saturated heterocycles. The van der Waals surface area contributed by atoms with E-state index in [4.69, 9.17) is 5.26 Å². The maximum atomic E-state index is 12.0. The number of aromatic nitrogens is 1. The minimum Gasteiger partial charge on any atom is -0.323 e. The summed E-state index contributed by atoms with van der Waals surface area (Å²) in [5, 5.41) is 11.6. The molecule has 1 N–H and O–H groups in total. The number of para-hydroxylation sites is 1. The number of carbonyl (C=O) groups is 1. The van der Waals surface area contributed by atoms with Gasteiger partial charge >= 0.3 is 0 Å². The van der Waals surface area contributed by atoms with Crippen molar-refractivity contribution in [3.8, 4) is 6.07 Å². The third kappa shape index (κ3) is 2.93. The molecule has 2 rings (SSSR count). The van der Waals surface area contributed by atoms with Crippen molar-refractivity contribution < 1.29 is 4.79 Å². The van der Waals surface area contributed by atoms with Gasteiger partial charge < -0.3 is 9.88 Å². The van der Waals surface area contributed by atoms with Gasteiger partial charge in [0.1, 0.15) is 12.6 Å². The van der Waals surface area contributed by atoms with Crippen LogP contribution in [0.4, 0.5) is 5.69 Å². The van der Waals surface area contributed by atoms with E-state index >= 15 is 0 Å². The Bertz CT molecular complexity index is 741. The van der Waals surface area contributed by atoms with Gasteiger partial charge in [0, 0.05) is 11.8 Å². The highest BCUT2D eigenvalue weighted by Gasteiger charge is 2.09. The van der Waals surface area contributed by atoms with Gasteiger partial charge in [-0.2, -0.15) is 5.26 Å². The number of nitrogens with one attached hydrogen (secondary N) is 1. The van der Waals surface area contributed by atoms with Crippen molar-refractivity contribution >= 4 is 11.6 Å². The SMILES string of the molecule is Cc1cccc(=O)n1CC(=O)Nc1ccccc1C#N. The minimum atomic E-state index is -0.343. The van der Waals surface area contributed by atoms with Gasteiger partial charge in [-0.15, -0.1) is 0 Å². The second-order valence-corrected chi connectivity index (χ2v) is 4.30. The molecule has 5 nitrogen and oxygen atoms in total. The molecule has 5 heteroatoms. The molecule has 0 aliphatic heterocycles. The monoisotopic (exact) mass is 267 g/mol. The fourth-order valence-electron chi connectivity index (χ4n) is 1.85. The molecule has 0 bridgehead atoms. The molecule has 1 amide bonds. The van der Waals surface area contributed by atoms with Crippen molar-refractivity contribution in [2.45, 2.75) is 13.5 Å². The number of amides is 1. The lowest BCUT2D eigenvalue weighted by molar-refractivity contribution is -0.116. The molecule has 0 radical (unpaired) electrons. The third-order valence-corrected chi connectivity index (χ3v) is 2.89. The van der Waals surface area contributed by atoms with Crippen LogP contribution >= 0.6 is 0 Å². The zero-order valence-corrected chi connectivity index (χ0v) is 11.0. The summed E-state index contributed by atoms with van der Waals surface area (Å²) >= 11 is 0. The average Bonchev–Trinajstić information content (AvgIpc) is 2.44. The van der Waals surface area contributed by atoms with Crippen LogP contribution in [0.2, 0.25) is 0 Å². The van der Waals surface area contributed by atoms with E-state index in [0.29, 0.717) is 16.9 Å². The van der Waals surface area contributed by atoms with Gasteiger partial charge in [0.05, 0.1) is 11.3 Å². The van der Waals surface area contributed by atoms with Crippen molar-refractivity contribution in [3.05, 3.63) is 64.1 Å². The normalized spacial score (nSPS) is 9.80. The van der Waals surface area contributed by atoms with E-state index in [1.807, 2.05) is 6.07 Å². The van der Waals surface area contributed by atoms with E-state index in [2.05, 4.69) is 5.32 Å². The van der Waals surface area contributed by atoms with E-state index in [9.17, 15) is 9.59 Å². The van der Waals surface area contributed by atoms with Crippen LogP contribution in [0.3, 0.4) is 0 Å². The summed E-state index contributed by atoms with van der Waals surface area (Å²) in [5.74, 6) is -0.343. The fourth-order valence-corrected chi connectivity index (χ4v) is 1.85. The number of hydrogen-bond acceptors (Lipinski definition) is 3. The Morgan fingerprint density at radius 1 is 1.25 bits per heavy atom. The van der Waals surface area contributed by atoms with Gasteiger partial charge in [0.15, 0.2) is 0 Å². The molecule has 1 aromatic carbocycles. The lowest BCUT2D eigenvalue weighted by Gasteiger charge is -2.10. The molecule has 2 aromatic rings. The topological polar surface area (TPSA) is 74.9 Å².